The molecule has 104 valence electrons. The molecular formula is C14H26N2O2. The summed E-state index contributed by atoms with van der Waals surface area (Å²) < 4.78 is 5.24. The second-order valence-corrected chi connectivity index (χ2v) is 6.34. The second kappa shape index (κ2) is 5.17. The molecule has 1 aliphatic heterocycles. The number of carbonyl (C=O) groups excluding carboxylic acids is 1. The molecule has 2 aliphatic rings. The van der Waals surface area contributed by atoms with E-state index in [0.29, 0.717) is 17.9 Å². The monoisotopic (exact) mass is 254 g/mol. The predicted molar refractivity (Wildman–Crippen MR) is 71.3 cm³/mol. The molecule has 4 nitrogen and oxygen atoms in total. The Bertz CT molecular complexity index is 305. The van der Waals surface area contributed by atoms with Crippen molar-refractivity contribution in [2.24, 2.45) is 16.7 Å². The Balaban J connectivity index is 1.90. The normalized spacial score (nSPS) is 29.6. The third-order valence-electron chi connectivity index (χ3n) is 4.86. The topological polar surface area (TPSA) is 50.4 Å². The molecule has 2 rings (SSSR count). The highest BCUT2D eigenvalue weighted by molar-refractivity contribution is 5.83. The van der Waals surface area contributed by atoms with Gasteiger partial charge in [0, 0.05) is 20.2 Å². The van der Waals surface area contributed by atoms with Crippen molar-refractivity contribution in [2.75, 3.05) is 33.4 Å². The SMILES string of the molecule is COCC1(C(=O)NCC2(C(C)C)CC2)CCNC1. The maximum atomic E-state index is 12.4. The summed E-state index contributed by atoms with van der Waals surface area (Å²) >= 11 is 0. The van der Waals surface area contributed by atoms with Gasteiger partial charge in [0.15, 0.2) is 0 Å². The maximum absolute atomic E-state index is 12.4. The van der Waals surface area contributed by atoms with Gasteiger partial charge in [0.05, 0.1) is 12.0 Å². The zero-order valence-electron chi connectivity index (χ0n) is 11.8. The molecule has 1 atom stereocenters. The molecule has 18 heavy (non-hydrogen) atoms. The molecule has 1 amide bonds. The van der Waals surface area contributed by atoms with Gasteiger partial charge in [0.25, 0.3) is 0 Å². The van der Waals surface area contributed by atoms with Crippen molar-refractivity contribution in [1.29, 1.82) is 0 Å². The largest absolute Gasteiger partial charge is 0.384 e. The van der Waals surface area contributed by atoms with Crippen molar-refractivity contribution in [3.63, 3.8) is 0 Å². The lowest BCUT2D eigenvalue weighted by molar-refractivity contribution is -0.133. The Hall–Kier alpha value is -0.610. The Labute approximate surface area is 110 Å². The standard InChI is InChI=1S/C14H26N2O2/c1-11(2)13(4-5-13)9-16-12(17)14(10-18-3)6-7-15-8-14/h11,15H,4-10H2,1-3H3,(H,16,17). The molecule has 1 unspecified atom stereocenters. The number of amides is 1. The van der Waals surface area contributed by atoms with Crippen LogP contribution in [0.4, 0.5) is 0 Å². The molecule has 2 fully saturated rings. The van der Waals surface area contributed by atoms with Crippen LogP contribution in [0.2, 0.25) is 0 Å². The number of rotatable bonds is 6. The van der Waals surface area contributed by atoms with Crippen LogP contribution in [0.1, 0.15) is 33.1 Å². The summed E-state index contributed by atoms with van der Waals surface area (Å²) in [4.78, 5) is 12.4. The highest BCUT2D eigenvalue weighted by atomic mass is 16.5. The van der Waals surface area contributed by atoms with Gasteiger partial charge in [-0.1, -0.05) is 13.8 Å². The molecule has 2 N–H and O–H groups in total. The van der Waals surface area contributed by atoms with Crippen LogP contribution in [-0.4, -0.2) is 39.3 Å². The molecule has 1 aliphatic carbocycles. The Morgan fingerprint density at radius 2 is 2.11 bits per heavy atom. The van der Waals surface area contributed by atoms with Gasteiger partial charge in [-0.2, -0.15) is 0 Å². The number of hydrogen-bond donors (Lipinski definition) is 2. The van der Waals surface area contributed by atoms with E-state index < -0.39 is 0 Å². The second-order valence-electron chi connectivity index (χ2n) is 6.34. The minimum absolute atomic E-state index is 0.168. The zero-order valence-corrected chi connectivity index (χ0v) is 11.8. The minimum Gasteiger partial charge on any atom is -0.384 e. The van der Waals surface area contributed by atoms with Gasteiger partial charge in [-0.05, 0) is 37.1 Å². The van der Waals surface area contributed by atoms with E-state index >= 15 is 0 Å². The van der Waals surface area contributed by atoms with Gasteiger partial charge in [-0.3, -0.25) is 4.79 Å². The number of nitrogens with one attached hydrogen (secondary N) is 2. The molecule has 1 heterocycles. The van der Waals surface area contributed by atoms with Gasteiger partial charge in [0.2, 0.25) is 5.91 Å². The first kappa shape index (κ1) is 13.8. The van der Waals surface area contributed by atoms with Crippen molar-refractivity contribution in [2.45, 2.75) is 33.1 Å². The lowest BCUT2D eigenvalue weighted by Gasteiger charge is -2.28. The smallest absolute Gasteiger partial charge is 0.229 e. The molecule has 0 spiro atoms. The van der Waals surface area contributed by atoms with E-state index in [0.717, 1.165) is 26.1 Å². The average Bonchev–Trinajstić information content (AvgIpc) is 3.00. The molecule has 0 aromatic heterocycles. The molecule has 0 aromatic carbocycles. The van der Waals surface area contributed by atoms with Gasteiger partial charge < -0.3 is 15.4 Å². The average molecular weight is 254 g/mol. The summed E-state index contributed by atoms with van der Waals surface area (Å²) in [5.74, 6) is 0.819. The summed E-state index contributed by atoms with van der Waals surface area (Å²) in [6.07, 6.45) is 3.38. The first-order chi connectivity index (χ1) is 8.55. The minimum atomic E-state index is -0.345. The molecule has 4 heteroatoms. The first-order valence-corrected chi connectivity index (χ1v) is 7.03. The maximum Gasteiger partial charge on any atom is 0.229 e. The lowest BCUT2D eigenvalue weighted by Crippen LogP contribution is -2.47. The Kier molecular flexibility index (Phi) is 3.97. The van der Waals surface area contributed by atoms with Crippen LogP contribution in [0.3, 0.4) is 0 Å². The van der Waals surface area contributed by atoms with Crippen molar-refractivity contribution in [3.05, 3.63) is 0 Å². The van der Waals surface area contributed by atoms with Gasteiger partial charge >= 0.3 is 0 Å². The predicted octanol–water partition coefficient (Wildman–Crippen LogP) is 1.16. The molecular weight excluding hydrogens is 228 g/mol. The van der Waals surface area contributed by atoms with Crippen molar-refractivity contribution in [1.82, 2.24) is 10.6 Å². The van der Waals surface area contributed by atoms with E-state index in [1.54, 1.807) is 7.11 Å². The van der Waals surface area contributed by atoms with Crippen LogP contribution in [-0.2, 0) is 9.53 Å². The van der Waals surface area contributed by atoms with Crippen molar-refractivity contribution >= 4 is 5.91 Å². The molecule has 0 aromatic rings. The molecule has 1 saturated heterocycles. The Morgan fingerprint density at radius 3 is 2.56 bits per heavy atom. The van der Waals surface area contributed by atoms with E-state index in [2.05, 4.69) is 24.5 Å². The summed E-state index contributed by atoms with van der Waals surface area (Å²) in [5.41, 5.74) is 0.0256. The quantitative estimate of drug-likeness (QED) is 0.748. The van der Waals surface area contributed by atoms with Crippen LogP contribution >= 0.6 is 0 Å². The molecule has 0 bridgehead atoms. The third kappa shape index (κ3) is 2.54. The summed E-state index contributed by atoms with van der Waals surface area (Å²) in [7, 11) is 1.67. The first-order valence-electron chi connectivity index (χ1n) is 7.03. The van der Waals surface area contributed by atoms with E-state index in [4.69, 9.17) is 4.74 Å². The van der Waals surface area contributed by atoms with E-state index in [1.807, 2.05) is 0 Å². The fourth-order valence-electron chi connectivity index (χ4n) is 2.97. The molecule has 0 radical (unpaired) electrons. The number of hydrogen-bond acceptors (Lipinski definition) is 3. The van der Waals surface area contributed by atoms with Gasteiger partial charge in [-0.25, -0.2) is 0 Å². The fourth-order valence-corrected chi connectivity index (χ4v) is 2.97. The van der Waals surface area contributed by atoms with Crippen LogP contribution in [0.25, 0.3) is 0 Å². The van der Waals surface area contributed by atoms with Crippen LogP contribution in [0.5, 0.6) is 0 Å². The highest BCUT2D eigenvalue weighted by Gasteiger charge is 2.47. The van der Waals surface area contributed by atoms with Crippen LogP contribution in [0.15, 0.2) is 0 Å². The van der Waals surface area contributed by atoms with E-state index in [-0.39, 0.29) is 11.3 Å². The van der Waals surface area contributed by atoms with E-state index in [9.17, 15) is 4.79 Å². The van der Waals surface area contributed by atoms with Crippen LogP contribution in [0, 0.1) is 16.7 Å². The summed E-state index contributed by atoms with van der Waals surface area (Å²) in [6, 6.07) is 0. The van der Waals surface area contributed by atoms with Crippen molar-refractivity contribution in [3.8, 4) is 0 Å². The number of ether oxygens (including phenoxy) is 1. The lowest BCUT2D eigenvalue weighted by atomic mass is 9.86. The number of methoxy groups -OCH3 is 1. The van der Waals surface area contributed by atoms with Crippen LogP contribution < -0.4 is 10.6 Å². The zero-order chi connectivity index (χ0) is 13.2. The van der Waals surface area contributed by atoms with Gasteiger partial charge in [-0.15, -0.1) is 0 Å². The molecule has 1 saturated carbocycles. The summed E-state index contributed by atoms with van der Waals surface area (Å²) in [6.45, 7) is 7.49. The Morgan fingerprint density at radius 1 is 1.39 bits per heavy atom. The highest BCUT2D eigenvalue weighted by Crippen LogP contribution is 2.51. The van der Waals surface area contributed by atoms with Gasteiger partial charge in [0.1, 0.15) is 0 Å². The fraction of sp³-hybridized carbons (Fsp3) is 0.929. The van der Waals surface area contributed by atoms with E-state index in [1.165, 1.54) is 12.8 Å². The third-order valence-corrected chi connectivity index (χ3v) is 4.86. The van der Waals surface area contributed by atoms with Crippen molar-refractivity contribution < 1.29 is 9.53 Å². The summed E-state index contributed by atoms with van der Waals surface area (Å²) in [5, 5.41) is 6.45. The number of carbonyl (C=O) groups is 1.